The number of rotatable bonds is 4. The van der Waals surface area contributed by atoms with Crippen LogP contribution in [0, 0.1) is 11.8 Å². The van der Waals surface area contributed by atoms with Crippen molar-refractivity contribution in [3.8, 4) is 0 Å². The van der Waals surface area contributed by atoms with Crippen molar-refractivity contribution in [3.63, 3.8) is 0 Å². The first-order valence-electron chi connectivity index (χ1n) is 6.92. The third-order valence-electron chi connectivity index (χ3n) is 3.31. The summed E-state index contributed by atoms with van der Waals surface area (Å²) in [5.41, 5.74) is -0.154. The van der Waals surface area contributed by atoms with Crippen LogP contribution in [-0.2, 0) is 4.74 Å². The van der Waals surface area contributed by atoms with Gasteiger partial charge in [0.15, 0.2) is 0 Å². The van der Waals surface area contributed by atoms with Crippen molar-refractivity contribution < 1.29 is 14.7 Å². The lowest BCUT2D eigenvalue weighted by Gasteiger charge is -2.33. The van der Waals surface area contributed by atoms with Gasteiger partial charge in [-0.3, -0.25) is 0 Å². The number of nitrogens with one attached hydrogen (secondary N) is 1. The van der Waals surface area contributed by atoms with Gasteiger partial charge in [0, 0.05) is 11.8 Å². The van der Waals surface area contributed by atoms with Crippen LogP contribution in [0.3, 0.4) is 0 Å². The number of likely N-dealkylation sites (tertiary alicyclic amines) is 1. The second kappa shape index (κ2) is 6.17. The summed E-state index contributed by atoms with van der Waals surface area (Å²) >= 11 is 0. The standard InChI is InChI=1S/C14H29NO2/c1-11-6-12(2)8-15(7-11)9-13(16)10-17-14(3,4)5/h11-13,16H,6-10H2,1-5H3/p+1/t11-,12+,13-/m0/s1. The SMILES string of the molecule is C[C@@H]1C[C@H](C)C[NH+](C[C@H](O)COC(C)(C)C)C1. The summed E-state index contributed by atoms with van der Waals surface area (Å²) in [5.74, 6) is 1.56. The lowest BCUT2D eigenvalue weighted by molar-refractivity contribution is -0.915. The van der Waals surface area contributed by atoms with Crippen molar-refractivity contribution in [2.24, 2.45) is 11.8 Å². The highest BCUT2D eigenvalue weighted by Crippen LogP contribution is 2.12. The zero-order valence-electron chi connectivity index (χ0n) is 12.1. The molecule has 0 aromatic heterocycles. The van der Waals surface area contributed by atoms with E-state index in [1.807, 2.05) is 20.8 Å². The molecule has 3 nitrogen and oxygen atoms in total. The molecule has 2 N–H and O–H groups in total. The van der Waals surface area contributed by atoms with E-state index in [1.165, 1.54) is 24.4 Å². The van der Waals surface area contributed by atoms with Gasteiger partial charge in [-0.25, -0.2) is 0 Å². The molecule has 3 heteroatoms. The molecule has 0 spiro atoms. The molecular formula is C14H30NO2+. The first-order chi connectivity index (χ1) is 7.76. The van der Waals surface area contributed by atoms with Crippen molar-refractivity contribution in [1.82, 2.24) is 0 Å². The molecule has 1 fully saturated rings. The molecule has 1 heterocycles. The van der Waals surface area contributed by atoms with Gasteiger partial charge >= 0.3 is 0 Å². The quantitative estimate of drug-likeness (QED) is 0.764. The Labute approximate surface area is 106 Å². The summed E-state index contributed by atoms with van der Waals surface area (Å²) < 4.78 is 5.62. The molecule has 17 heavy (non-hydrogen) atoms. The van der Waals surface area contributed by atoms with Crippen LogP contribution in [0.4, 0.5) is 0 Å². The number of aliphatic hydroxyl groups is 1. The number of aliphatic hydroxyl groups excluding tert-OH is 1. The summed E-state index contributed by atoms with van der Waals surface area (Å²) in [6.45, 7) is 14.4. The third kappa shape index (κ3) is 6.39. The van der Waals surface area contributed by atoms with Crippen LogP contribution in [0.15, 0.2) is 0 Å². The molecule has 1 aliphatic rings. The highest BCUT2D eigenvalue weighted by Gasteiger charge is 2.27. The molecule has 102 valence electrons. The van der Waals surface area contributed by atoms with Gasteiger partial charge in [0.05, 0.1) is 25.3 Å². The largest absolute Gasteiger partial charge is 0.385 e. The molecule has 1 unspecified atom stereocenters. The Kier molecular flexibility index (Phi) is 5.42. The minimum atomic E-state index is -0.332. The Hall–Kier alpha value is -0.120. The van der Waals surface area contributed by atoms with E-state index in [0.717, 1.165) is 18.4 Å². The monoisotopic (exact) mass is 244 g/mol. The number of ether oxygens (including phenoxy) is 1. The highest BCUT2D eigenvalue weighted by molar-refractivity contribution is 4.65. The molecule has 0 bridgehead atoms. The van der Waals surface area contributed by atoms with Crippen molar-refractivity contribution in [2.45, 2.75) is 52.7 Å². The molecule has 0 amide bonds. The molecule has 0 aromatic carbocycles. The van der Waals surface area contributed by atoms with E-state index in [4.69, 9.17) is 4.74 Å². The van der Waals surface area contributed by atoms with Crippen LogP contribution < -0.4 is 4.90 Å². The maximum absolute atomic E-state index is 9.99. The Morgan fingerprint density at radius 2 is 1.76 bits per heavy atom. The number of hydrogen-bond donors (Lipinski definition) is 2. The van der Waals surface area contributed by atoms with Gasteiger partial charge in [0.25, 0.3) is 0 Å². The molecule has 0 saturated carbocycles. The fourth-order valence-corrected chi connectivity index (χ4v) is 2.83. The topological polar surface area (TPSA) is 33.9 Å². The molecule has 4 atom stereocenters. The first-order valence-corrected chi connectivity index (χ1v) is 6.92. The van der Waals surface area contributed by atoms with E-state index in [-0.39, 0.29) is 11.7 Å². The number of quaternary nitrogens is 1. The van der Waals surface area contributed by atoms with Crippen LogP contribution in [0.2, 0.25) is 0 Å². The van der Waals surface area contributed by atoms with Crippen molar-refractivity contribution in [3.05, 3.63) is 0 Å². The van der Waals surface area contributed by atoms with E-state index in [9.17, 15) is 5.11 Å². The normalized spacial score (nSPS) is 32.5. The fourth-order valence-electron chi connectivity index (χ4n) is 2.83. The maximum Gasteiger partial charge on any atom is 0.126 e. The van der Waals surface area contributed by atoms with Gasteiger partial charge in [-0.05, 0) is 27.2 Å². The average Bonchev–Trinajstić information content (AvgIpc) is 2.11. The zero-order chi connectivity index (χ0) is 13.1. The summed E-state index contributed by atoms with van der Waals surface area (Å²) in [6.07, 6.45) is 1.000. The maximum atomic E-state index is 9.99. The van der Waals surface area contributed by atoms with Gasteiger partial charge in [-0.2, -0.15) is 0 Å². The van der Waals surface area contributed by atoms with Crippen molar-refractivity contribution in [2.75, 3.05) is 26.2 Å². The van der Waals surface area contributed by atoms with E-state index in [2.05, 4.69) is 13.8 Å². The number of hydrogen-bond acceptors (Lipinski definition) is 2. The van der Waals surface area contributed by atoms with Crippen LogP contribution >= 0.6 is 0 Å². The molecule has 0 aliphatic carbocycles. The van der Waals surface area contributed by atoms with Crippen LogP contribution in [-0.4, -0.2) is 43.1 Å². The predicted octanol–water partition coefficient (Wildman–Crippen LogP) is 0.723. The summed E-state index contributed by atoms with van der Waals surface area (Å²) in [5, 5.41) is 9.99. The smallest absolute Gasteiger partial charge is 0.126 e. The molecule has 0 radical (unpaired) electrons. The molecule has 1 rings (SSSR count). The van der Waals surface area contributed by atoms with E-state index < -0.39 is 0 Å². The molecule has 1 aliphatic heterocycles. The van der Waals surface area contributed by atoms with Crippen molar-refractivity contribution in [1.29, 1.82) is 0 Å². The second-order valence-corrected chi connectivity index (χ2v) is 6.89. The van der Waals surface area contributed by atoms with Crippen LogP contribution in [0.1, 0.15) is 41.0 Å². The summed E-state index contributed by atoms with van der Waals surface area (Å²) in [7, 11) is 0. The van der Waals surface area contributed by atoms with E-state index in [1.54, 1.807) is 0 Å². The third-order valence-corrected chi connectivity index (χ3v) is 3.31. The van der Waals surface area contributed by atoms with Crippen LogP contribution in [0.25, 0.3) is 0 Å². The molecular weight excluding hydrogens is 214 g/mol. The minimum absolute atomic E-state index is 0.154. The van der Waals surface area contributed by atoms with Gasteiger partial charge < -0.3 is 14.7 Å². The average molecular weight is 244 g/mol. The van der Waals surface area contributed by atoms with Crippen LogP contribution in [0.5, 0.6) is 0 Å². The van der Waals surface area contributed by atoms with E-state index in [0.29, 0.717) is 6.61 Å². The number of piperidine rings is 1. The lowest BCUT2D eigenvalue weighted by atomic mass is 9.92. The second-order valence-electron chi connectivity index (χ2n) is 6.89. The van der Waals surface area contributed by atoms with Gasteiger partial charge in [-0.1, -0.05) is 13.8 Å². The van der Waals surface area contributed by atoms with Gasteiger partial charge in [0.2, 0.25) is 0 Å². The molecule has 0 aromatic rings. The molecule has 1 saturated heterocycles. The Balaban J connectivity index is 2.28. The Morgan fingerprint density at radius 1 is 1.24 bits per heavy atom. The zero-order valence-corrected chi connectivity index (χ0v) is 12.1. The Morgan fingerprint density at radius 3 is 2.24 bits per heavy atom. The Bertz CT molecular complexity index is 215. The van der Waals surface area contributed by atoms with Gasteiger partial charge in [0.1, 0.15) is 12.6 Å². The summed E-state index contributed by atoms with van der Waals surface area (Å²) in [6, 6.07) is 0. The van der Waals surface area contributed by atoms with Crippen molar-refractivity contribution >= 4 is 0 Å². The van der Waals surface area contributed by atoms with Gasteiger partial charge in [-0.15, -0.1) is 0 Å². The highest BCUT2D eigenvalue weighted by atomic mass is 16.5. The van der Waals surface area contributed by atoms with E-state index >= 15 is 0 Å². The minimum Gasteiger partial charge on any atom is -0.385 e. The lowest BCUT2D eigenvalue weighted by Crippen LogP contribution is -3.15. The fraction of sp³-hybridized carbons (Fsp3) is 1.00. The first kappa shape index (κ1) is 14.9. The summed E-state index contributed by atoms with van der Waals surface area (Å²) in [4.78, 5) is 1.53. The predicted molar refractivity (Wildman–Crippen MR) is 70.2 cm³/mol.